The van der Waals surface area contributed by atoms with Crippen molar-refractivity contribution >= 4 is 19.8 Å². The van der Waals surface area contributed by atoms with Crippen LogP contribution in [0, 0.1) is 0 Å². The molecule has 0 aliphatic heterocycles. The van der Waals surface area contributed by atoms with Gasteiger partial charge in [-0.1, -0.05) is 354 Å². The van der Waals surface area contributed by atoms with E-state index in [9.17, 15) is 19.0 Å². The van der Waals surface area contributed by atoms with Crippen LogP contribution >= 0.6 is 7.82 Å². The van der Waals surface area contributed by atoms with Crippen molar-refractivity contribution in [1.29, 1.82) is 0 Å². The predicted molar refractivity (Wildman–Crippen MR) is 408 cm³/mol. The minimum absolute atomic E-state index is 0.0260. The largest absolute Gasteiger partial charge is 0.472 e. The Kier molecular flexibility index (Phi) is 71.3. The van der Waals surface area contributed by atoms with E-state index < -0.39 is 26.5 Å². The molecule has 94 heavy (non-hydrogen) atoms. The highest BCUT2D eigenvalue weighted by Crippen LogP contribution is 2.43. The van der Waals surface area contributed by atoms with Gasteiger partial charge in [0, 0.05) is 12.8 Å². The molecule has 0 saturated heterocycles. The molecule has 0 spiro atoms. The normalized spacial score (nSPS) is 13.6. The number of likely N-dealkylation sites (N-methyl/N-ethyl adjacent to an activating group) is 1. The molecule has 544 valence electrons. The summed E-state index contributed by atoms with van der Waals surface area (Å²) in [5.41, 5.74) is 0. The van der Waals surface area contributed by atoms with Crippen molar-refractivity contribution in [1.82, 2.24) is 0 Å². The average molecular weight is 1330 g/mol. The molecule has 0 aromatic carbocycles. The molecule has 2 atom stereocenters. The van der Waals surface area contributed by atoms with Crippen LogP contribution in [-0.4, -0.2) is 74.9 Å². The Morgan fingerprint density at radius 2 is 0.606 bits per heavy atom. The molecule has 0 saturated carbocycles. The number of allylic oxidation sites excluding steroid dienone is 18. The smallest absolute Gasteiger partial charge is 0.462 e. The molecular weight excluding hydrogens is 1180 g/mol. The van der Waals surface area contributed by atoms with E-state index in [1.54, 1.807) is 0 Å². The Labute approximate surface area is 582 Å². The van der Waals surface area contributed by atoms with E-state index in [0.29, 0.717) is 17.4 Å². The molecule has 0 aromatic rings. The van der Waals surface area contributed by atoms with Crippen LogP contribution in [0.5, 0.6) is 0 Å². The molecule has 10 heteroatoms. The quantitative estimate of drug-likeness (QED) is 0.0211. The summed E-state index contributed by atoms with van der Waals surface area (Å²) in [6, 6.07) is 0. The second kappa shape index (κ2) is 73.9. The zero-order chi connectivity index (χ0) is 68.3. The second-order valence-corrected chi connectivity index (χ2v) is 29.2. The van der Waals surface area contributed by atoms with Gasteiger partial charge in [0.25, 0.3) is 0 Å². The molecule has 0 aliphatic carbocycles. The number of hydrogen-bond acceptors (Lipinski definition) is 7. The molecule has 0 radical (unpaired) electrons. The summed E-state index contributed by atoms with van der Waals surface area (Å²) in [5.74, 6) is -0.801. The van der Waals surface area contributed by atoms with E-state index in [-0.39, 0.29) is 32.0 Å². The second-order valence-electron chi connectivity index (χ2n) is 27.7. The molecule has 2 unspecified atom stereocenters. The van der Waals surface area contributed by atoms with Gasteiger partial charge >= 0.3 is 19.8 Å². The van der Waals surface area contributed by atoms with Crippen LogP contribution in [0.4, 0.5) is 0 Å². The van der Waals surface area contributed by atoms with E-state index in [1.807, 2.05) is 21.1 Å². The lowest BCUT2D eigenvalue weighted by molar-refractivity contribution is -0.870. The van der Waals surface area contributed by atoms with Crippen LogP contribution in [0.3, 0.4) is 0 Å². The molecule has 0 fully saturated rings. The Bertz CT molecular complexity index is 1960. The molecule has 0 bridgehead atoms. The first kappa shape index (κ1) is 90.7. The standard InChI is InChI=1S/C84H150NO8P/c1-6-8-10-12-14-16-18-20-22-24-26-28-30-32-34-36-37-38-39-40-41-42-43-44-45-46-47-49-50-52-54-56-58-60-62-64-66-68-70-72-74-76-83(86)90-80-82(81-92-94(88,89)91-79-78-85(3,4)5)93-84(87)77-75-73-71-69-67-65-63-61-59-57-55-53-51-48-35-33-31-29-27-25-23-21-19-17-15-13-11-9-7-2/h9,11,15,17-18,20-21,23-24,26-27,29,33,35,51,53,57,59,82H,6-8,10,12-14,16,19,22,25,28,30-32,34,36-50,52,54-56,58,60-81H2,1-5H3/p+1/b11-9-,17-15-,20-18-,23-21-,26-24-,29-27-,35-33-,53-51-,59-57-. The maximum Gasteiger partial charge on any atom is 0.472 e. The zero-order valence-electron chi connectivity index (χ0n) is 62.2. The van der Waals surface area contributed by atoms with Crippen LogP contribution < -0.4 is 0 Å². The number of unbranched alkanes of at least 4 members (excludes halogenated alkanes) is 41. The van der Waals surface area contributed by atoms with Gasteiger partial charge in [-0.25, -0.2) is 4.57 Å². The minimum Gasteiger partial charge on any atom is -0.462 e. The summed E-state index contributed by atoms with van der Waals surface area (Å²) in [5, 5.41) is 0. The number of hydrogen-bond donors (Lipinski definition) is 1. The van der Waals surface area contributed by atoms with Gasteiger partial charge in [0.2, 0.25) is 0 Å². The molecule has 1 N–H and O–H groups in total. The van der Waals surface area contributed by atoms with Crippen molar-refractivity contribution < 1.29 is 42.1 Å². The van der Waals surface area contributed by atoms with Crippen molar-refractivity contribution in [2.45, 2.75) is 367 Å². The summed E-state index contributed by atoms with van der Waals surface area (Å²) < 4.78 is 34.8. The van der Waals surface area contributed by atoms with E-state index in [1.165, 1.54) is 231 Å². The molecule has 0 aliphatic rings. The highest BCUT2D eigenvalue weighted by Gasteiger charge is 2.27. The number of quaternary nitrogens is 1. The lowest BCUT2D eigenvalue weighted by atomic mass is 10.0. The Morgan fingerprint density at radius 1 is 0.340 bits per heavy atom. The highest BCUT2D eigenvalue weighted by atomic mass is 31.2. The lowest BCUT2D eigenvalue weighted by Crippen LogP contribution is -2.37. The number of ether oxygens (including phenoxy) is 2. The predicted octanol–water partition coefficient (Wildman–Crippen LogP) is 26.4. The fourth-order valence-corrected chi connectivity index (χ4v) is 12.0. The first-order chi connectivity index (χ1) is 46.0. The first-order valence-electron chi connectivity index (χ1n) is 39.6. The van der Waals surface area contributed by atoms with Crippen molar-refractivity contribution in [2.75, 3.05) is 47.5 Å². The summed E-state index contributed by atoms with van der Waals surface area (Å²) in [7, 11) is 1.47. The topological polar surface area (TPSA) is 108 Å². The van der Waals surface area contributed by atoms with E-state index in [4.69, 9.17) is 18.5 Å². The summed E-state index contributed by atoms with van der Waals surface area (Å²) in [6.45, 7) is 4.33. The number of esters is 2. The van der Waals surface area contributed by atoms with E-state index in [0.717, 1.165) is 96.3 Å². The van der Waals surface area contributed by atoms with Crippen molar-refractivity contribution in [3.05, 3.63) is 109 Å². The Morgan fingerprint density at radius 3 is 0.904 bits per heavy atom. The van der Waals surface area contributed by atoms with E-state index >= 15 is 0 Å². The van der Waals surface area contributed by atoms with Crippen molar-refractivity contribution in [3.63, 3.8) is 0 Å². The van der Waals surface area contributed by atoms with Crippen molar-refractivity contribution in [3.8, 4) is 0 Å². The molecule has 0 heterocycles. The fourth-order valence-electron chi connectivity index (χ4n) is 11.3. The van der Waals surface area contributed by atoms with Gasteiger partial charge in [0.05, 0.1) is 27.7 Å². The van der Waals surface area contributed by atoms with Crippen LogP contribution in [0.1, 0.15) is 361 Å². The summed E-state index contributed by atoms with van der Waals surface area (Å²) in [6.07, 6.45) is 105. The fraction of sp³-hybridized carbons (Fsp3) is 0.762. The minimum atomic E-state index is -4.40. The molecule has 9 nitrogen and oxygen atoms in total. The number of carbonyl (C=O) groups is 2. The van der Waals surface area contributed by atoms with Gasteiger partial charge in [-0.3, -0.25) is 18.6 Å². The number of nitrogens with zero attached hydrogens (tertiary/aromatic N) is 1. The third-order valence-electron chi connectivity index (χ3n) is 17.3. The lowest BCUT2D eigenvalue weighted by Gasteiger charge is -2.24. The monoisotopic (exact) mass is 1330 g/mol. The number of phosphoric acid groups is 1. The number of carbonyl (C=O) groups excluding carboxylic acids is 2. The van der Waals surface area contributed by atoms with Crippen LogP contribution in [-0.2, 0) is 32.7 Å². The zero-order valence-corrected chi connectivity index (χ0v) is 63.1. The maximum absolute atomic E-state index is 12.9. The third-order valence-corrected chi connectivity index (χ3v) is 18.3. The molecule has 0 rings (SSSR count). The average Bonchev–Trinajstić information content (AvgIpc) is 1.65. The summed E-state index contributed by atoms with van der Waals surface area (Å²) in [4.78, 5) is 36.0. The molecular formula is C84H151NO8P+. The maximum atomic E-state index is 12.9. The van der Waals surface area contributed by atoms with E-state index in [2.05, 4.69) is 123 Å². The third kappa shape index (κ3) is 77.7. The van der Waals surface area contributed by atoms with Crippen molar-refractivity contribution in [2.24, 2.45) is 0 Å². The first-order valence-corrected chi connectivity index (χ1v) is 41.1. The van der Waals surface area contributed by atoms with Crippen LogP contribution in [0.15, 0.2) is 109 Å². The molecule has 0 aromatic heterocycles. The number of rotatable bonds is 73. The highest BCUT2D eigenvalue weighted by molar-refractivity contribution is 7.47. The summed E-state index contributed by atoms with van der Waals surface area (Å²) >= 11 is 0. The van der Waals surface area contributed by atoms with Gasteiger partial charge in [0.15, 0.2) is 6.10 Å². The van der Waals surface area contributed by atoms with Gasteiger partial charge in [0.1, 0.15) is 19.8 Å². The Hall–Kier alpha value is -3.33. The van der Waals surface area contributed by atoms with Gasteiger partial charge in [-0.2, -0.15) is 0 Å². The SMILES string of the molecule is CC/C=C\C/C=C\C/C=C\C/C=C\C/C=C\C/C=C\C/C=C\CCCCCCCCCC(=O)OC(COC(=O)CCCCCCCCCCCCCCCCCCCCCCCCCCCCCCC/C=C\C/C=C\CCCCCCC)COP(=O)(O)OCC[N+](C)(C)C. The molecule has 0 amide bonds. The van der Waals surface area contributed by atoms with Crippen LogP contribution in [0.25, 0.3) is 0 Å². The number of phosphoric ester groups is 1. The van der Waals surface area contributed by atoms with Gasteiger partial charge < -0.3 is 18.9 Å². The Balaban J connectivity index is 3.95. The van der Waals surface area contributed by atoms with Crippen LogP contribution in [0.2, 0.25) is 0 Å². The van der Waals surface area contributed by atoms with Gasteiger partial charge in [-0.15, -0.1) is 0 Å². The van der Waals surface area contributed by atoms with Gasteiger partial charge in [-0.05, 0) is 103 Å².